The van der Waals surface area contributed by atoms with Gasteiger partial charge in [0.25, 0.3) is 0 Å². The first kappa shape index (κ1) is 27.1. The summed E-state index contributed by atoms with van der Waals surface area (Å²) in [6.07, 6.45) is 1.21. The minimum Gasteiger partial charge on any atom is -0.493 e. The highest BCUT2D eigenvalue weighted by molar-refractivity contribution is 7.86. The first-order chi connectivity index (χ1) is 14.8. The summed E-state index contributed by atoms with van der Waals surface area (Å²) >= 11 is 0. The van der Waals surface area contributed by atoms with E-state index < -0.39 is 46.5 Å². The molecule has 0 spiro atoms. The predicted molar refractivity (Wildman–Crippen MR) is 110 cm³/mol. The Balaban J connectivity index is 0.000000347. The van der Waals surface area contributed by atoms with Crippen molar-refractivity contribution in [1.82, 2.24) is 4.90 Å². The lowest BCUT2D eigenvalue weighted by Crippen LogP contribution is -2.42. The fourth-order valence-electron chi connectivity index (χ4n) is 2.96. The van der Waals surface area contributed by atoms with Crippen LogP contribution in [0.25, 0.3) is 0 Å². The lowest BCUT2D eigenvalue weighted by molar-refractivity contribution is -0.170. The number of likely N-dealkylation sites (tertiary alicyclic amines) is 1. The van der Waals surface area contributed by atoms with E-state index in [2.05, 4.69) is 4.90 Å². The highest BCUT2D eigenvalue weighted by atomic mass is 32.2. The normalized spacial score (nSPS) is 14.2. The number of hydrogen-bond donors (Lipinski definition) is 4. The van der Waals surface area contributed by atoms with Gasteiger partial charge in [0.1, 0.15) is 0 Å². The molecule has 0 bridgehead atoms. The summed E-state index contributed by atoms with van der Waals surface area (Å²) in [6.45, 7) is 3.09. The molecular weight excluding hydrogens is 450 g/mol. The van der Waals surface area contributed by atoms with E-state index in [0.717, 1.165) is 31.5 Å². The Hall–Kier alpha value is -2.90. The second-order valence-corrected chi connectivity index (χ2v) is 8.81. The molecule has 1 aromatic carbocycles. The molecule has 0 unspecified atom stereocenters. The molecule has 13 heteroatoms. The second kappa shape index (κ2) is 11.6. The van der Waals surface area contributed by atoms with Gasteiger partial charge in [0.2, 0.25) is 0 Å². The number of nitrogens with zero attached hydrogens (tertiary/aromatic N) is 1. The SMILES string of the molecule is COc1cc(CN2CCCC2)ccc1OS(C)(=O)=O.O=C(O)CC(O)(CC(=O)O)C(=O)O. The van der Waals surface area contributed by atoms with Crippen molar-refractivity contribution < 1.29 is 52.1 Å². The monoisotopic (exact) mass is 477 g/mol. The molecule has 1 heterocycles. The minimum atomic E-state index is -3.54. The molecule has 0 amide bonds. The van der Waals surface area contributed by atoms with Crippen molar-refractivity contribution in [3.05, 3.63) is 23.8 Å². The standard InChI is InChI=1S/C13H19NO4S.C6H8O7/c1-17-13-9-11(10-14-7-3-4-8-14)5-6-12(13)18-19(2,15)16;7-3(8)1-6(13,5(11)12)2-4(9)10/h5-6,9H,3-4,7-8,10H2,1-2H3;13H,1-2H2,(H,7,8)(H,9,10)(H,11,12). The largest absolute Gasteiger partial charge is 0.493 e. The fraction of sp³-hybridized carbons (Fsp3) is 0.526. The van der Waals surface area contributed by atoms with Crippen LogP contribution in [0.1, 0.15) is 31.2 Å². The third kappa shape index (κ3) is 9.49. The van der Waals surface area contributed by atoms with E-state index in [9.17, 15) is 22.8 Å². The van der Waals surface area contributed by atoms with Crippen molar-refractivity contribution in [3.8, 4) is 11.5 Å². The topological polar surface area (TPSA) is 188 Å². The molecule has 4 N–H and O–H groups in total. The van der Waals surface area contributed by atoms with Crippen LogP contribution in [0, 0.1) is 0 Å². The van der Waals surface area contributed by atoms with E-state index in [0.29, 0.717) is 5.75 Å². The number of rotatable bonds is 10. The molecule has 32 heavy (non-hydrogen) atoms. The number of aliphatic carboxylic acids is 3. The van der Waals surface area contributed by atoms with Gasteiger partial charge in [0, 0.05) is 6.54 Å². The molecule has 1 aliphatic rings. The van der Waals surface area contributed by atoms with Crippen molar-refractivity contribution in [2.75, 3.05) is 26.5 Å². The Kier molecular flexibility index (Phi) is 9.87. The molecule has 1 aromatic rings. The van der Waals surface area contributed by atoms with Crippen LogP contribution in [-0.4, -0.2) is 83.7 Å². The van der Waals surface area contributed by atoms with E-state index in [1.54, 1.807) is 6.07 Å². The first-order valence-electron chi connectivity index (χ1n) is 9.44. The van der Waals surface area contributed by atoms with Crippen LogP contribution >= 0.6 is 0 Å². The molecule has 180 valence electrons. The highest BCUT2D eigenvalue weighted by Crippen LogP contribution is 2.30. The van der Waals surface area contributed by atoms with Gasteiger partial charge in [0.05, 0.1) is 26.2 Å². The number of carbonyl (C=O) groups is 3. The highest BCUT2D eigenvalue weighted by Gasteiger charge is 2.40. The summed E-state index contributed by atoms with van der Waals surface area (Å²) in [7, 11) is -2.03. The lowest BCUT2D eigenvalue weighted by Gasteiger charge is -2.18. The number of aliphatic hydroxyl groups is 1. The molecule has 1 fully saturated rings. The lowest BCUT2D eigenvalue weighted by atomic mass is 9.96. The number of benzene rings is 1. The summed E-state index contributed by atoms with van der Waals surface area (Å²) in [4.78, 5) is 32.9. The Morgan fingerprint density at radius 1 is 1.03 bits per heavy atom. The van der Waals surface area contributed by atoms with Crippen molar-refractivity contribution in [2.24, 2.45) is 0 Å². The molecule has 1 saturated heterocycles. The van der Waals surface area contributed by atoms with Gasteiger partial charge in [-0.25, -0.2) is 4.79 Å². The van der Waals surface area contributed by atoms with E-state index in [1.165, 1.54) is 20.0 Å². The van der Waals surface area contributed by atoms with Crippen LogP contribution in [0.5, 0.6) is 11.5 Å². The first-order valence-corrected chi connectivity index (χ1v) is 11.3. The molecule has 0 aliphatic carbocycles. The smallest absolute Gasteiger partial charge is 0.336 e. The van der Waals surface area contributed by atoms with Gasteiger partial charge in [-0.05, 0) is 43.6 Å². The van der Waals surface area contributed by atoms with Crippen LogP contribution in [0.15, 0.2) is 18.2 Å². The zero-order valence-electron chi connectivity index (χ0n) is 17.7. The Bertz CT molecular complexity index is 907. The van der Waals surface area contributed by atoms with Gasteiger partial charge in [-0.15, -0.1) is 0 Å². The summed E-state index contributed by atoms with van der Waals surface area (Å²) in [5.41, 5.74) is -1.64. The van der Waals surface area contributed by atoms with Gasteiger partial charge in [-0.1, -0.05) is 6.07 Å². The van der Waals surface area contributed by atoms with Crippen LogP contribution < -0.4 is 8.92 Å². The van der Waals surface area contributed by atoms with Crippen molar-refractivity contribution in [1.29, 1.82) is 0 Å². The van der Waals surface area contributed by atoms with Gasteiger partial charge >= 0.3 is 28.0 Å². The third-order valence-corrected chi connectivity index (χ3v) is 4.84. The third-order valence-electron chi connectivity index (χ3n) is 4.36. The molecule has 1 aliphatic heterocycles. The van der Waals surface area contributed by atoms with Gasteiger partial charge in [-0.3, -0.25) is 14.5 Å². The van der Waals surface area contributed by atoms with E-state index in [-0.39, 0.29) is 5.75 Å². The van der Waals surface area contributed by atoms with E-state index >= 15 is 0 Å². The van der Waals surface area contributed by atoms with Gasteiger partial charge in [0.15, 0.2) is 17.1 Å². The van der Waals surface area contributed by atoms with Crippen molar-refractivity contribution >= 4 is 28.0 Å². The van der Waals surface area contributed by atoms with Gasteiger partial charge in [-0.2, -0.15) is 8.42 Å². The summed E-state index contributed by atoms with van der Waals surface area (Å²) in [5, 5.41) is 33.8. The minimum absolute atomic E-state index is 0.232. The molecule has 0 saturated carbocycles. The summed E-state index contributed by atoms with van der Waals surface area (Å²) in [5.74, 6) is -4.34. The average Bonchev–Trinajstić information content (AvgIpc) is 3.14. The molecule has 0 aromatic heterocycles. The molecule has 0 atom stereocenters. The van der Waals surface area contributed by atoms with E-state index in [1.807, 2.05) is 12.1 Å². The fourth-order valence-corrected chi connectivity index (χ4v) is 3.42. The number of carboxylic acids is 3. The van der Waals surface area contributed by atoms with Crippen LogP contribution in [0.4, 0.5) is 0 Å². The maximum Gasteiger partial charge on any atom is 0.336 e. The maximum atomic E-state index is 11.1. The van der Waals surface area contributed by atoms with Crippen LogP contribution in [-0.2, 0) is 31.0 Å². The van der Waals surface area contributed by atoms with Crippen molar-refractivity contribution in [2.45, 2.75) is 37.8 Å². The van der Waals surface area contributed by atoms with Crippen LogP contribution in [0.3, 0.4) is 0 Å². The number of methoxy groups -OCH3 is 1. The van der Waals surface area contributed by atoms with Gasteiger partial charge < -0.3 is 29.3 Å². The van der Waals surface area contributed by atoms with E-state index in [4.69, 9.17) is 29.3 Å². The number of ether oxygens (including phenoxy) is 1. The van der Waals surface area contributed by atoms with Crippen LogP contribution in [0.2, 0.25) is 0 Å². The molecule has 0 radical (unpaired) electrons. The predicted octanol–water partition coefficient (Wildman–Crippen LogP) is 0.381. The summed E-state index contributed by atoms with van der Waals surface area (Å²) in [6, 6.07) is 5.35. The Morgan fingerprint density at radius 3 is 1.97 bits per heavy atom. The maximum absolute atomic E-state index is 11.1. The second-order valence-electron chi connectivity index (χ2n) is 7.23. The van der Waals surface area contributed by atoms with Crippen molar-refractivity contribution in [3.63, 3.8) is 0 Å². The zero-order valence-corrected chi connectivity index (χ0v) is 18.5. The number of hydrogen-bond acceptors (Lipinski definition) is 9. The zero-order chi connectivity index (χ0) is 24.5. The summed E-state index contributed by atoms with van der Waals surface area (Å²) < 4.78 is 32.4. The average molecular weight is 477 g/mol. The molecule has 12 nitrogen and oxygen atoms in total. The Labute approximate surface area is 185 Å². The Morgan fingerprint density at radius 2 is 1.56 bits per heavy atom. The molecular formula is C19H27NO11S. The number of carboxylic acid groups (broad SMARTS) is 3. The molecule has 2 rings (SSSR count). The quantitative estimate of drug-likeness (QED) is 0.340.